The highest BCUT2D eigenvalue weighted by molar-refractivity contribution is 5.39. The number of hydrogen-bond acceptors (Lipinski definition) is 3. The van der Waals surface area contributed by atoms with E-state index in [0.29, 0.717) is 17.3 Å². The van der Waals surface area contributed by atoms with Gasteiger partial charge in [-0.2, -0.15) is 0 Å². The second-order valence-corrected chi connectivity index (χ2v) is 2.67. The number of benzene rings is 1. The molecule has 1 N–H and O–H groups in total. The van der Waals surface area contributed by atoms with Crippen molar-refractivity contribution in [2.75, 3.05) is 0 Å². The number of hydrogen-bond donors (Lipinski definition) is 0. The van der Waals surface area contributed by atoms with Crippen LogP contribution in [0.15, 0.2) is 42.9 Å². The van der Waals surface area contributed by atoms with Gasteiger partial charge in [0, 0.05) is 12.4 Å². The topological polar surface area (TPSA) is 58.8 Å². The van der Waals surface area contributed by atoms with Crippen molar-refractivity contribution < 1.29 is 4.74 Å². The molecule has 0 unspecified atom stereocenters. The first kappa shape index (κ1) is 8.50. The molecule has 2 aromatic rings. The van der Waals surface area contributed by atoms with Crippen LogP contribution in [-0.4, -0.2) is 9.97 Å². The van der Waals surface area contributed by atoms with Gasteiger partial charge < -0.3 is 10.5 Å². The van der Waals surface area contributed by atoms with Gasteiger partial charge in [-0.05, 0) is 24.3 Å². The second kappa shape index (κ2) is 3.74. The highest BCUT2D eigenvalue weighted by atomic mass is 16.5. The second-order valence-electron chi connectivity index (χ2n) is 2.67. The summed E-state index contributed by atoms with van der Waals surface area (Å²) in [6.07, 6.45) is 4.68. The molecule has 69 valence electrons. The molecule has 0 aliphatic carbocycles. The van der Waals surface area contributed by atoms with Gasteiger partial charge in [-0.1, -0.05) is 0 Å². The molecule has 4 heteroatoms. The van der Waals surface area contributed by atoms with Crippen LogP contribution in [0.1, 0.15) is 0 Å². The molecule has 14 heavy (non-hydrogen) atoms. The lowest BCUT2D eigenvalue weighted by atomic mass is 10.3. The standard InChI is InChI=1S/C10H8N3O/c11-8-1-3-9(4-2-8)14-10-7-12-5-6-13-10/h1-7,11H. The van der Waals surface area contributed by atoms with E-state index in [4.69, 9.17) is 10.5 Å². The first-order chi connectivity index (χ1) is 6.84. The number of nitrogens with one attached hydrogen (secondary N) is 1. The molecular weight excluding hydrogens is 178 g/mol. The Morgan fingerprint density at radius 1 is 1.07 bits per heavy atom. The molecule has 0 saturated carbocycles. The van der Waals surface area contributed by atoms with Gasteiger partial charge in [0.1, 0.15) is 5.75 Å². The van der Waals surface area contributed by atoms with Crippen LogP contribution < -0.4 is 10.5 Å². The molecule has 0 fully saturated rings. The highest BCUT2D eigenvalue weighted by Gasteiger charge is 1.96. The van der Waals surface area contributed by atoms with E-state index in [0.717, 1.165) is 0 Å². The normalized spacial score (nSPS) is 9.71. The number of rotatable bonds is 2. The molecule has 1 aromatic carbocycles. The van der Waals surface area contributed by atoms with Gasteiger partial charge in [-0.25, -0.2) is 4.98 Å². The van der Waals surface area contributed by atoms with Crippen LogP contribution in [-0.2, 0) is 0 Å². The SMILES string of the molecule is [NH]c1ccc(Oc2cnccn2)cc1. The molecule has 2 rings (SSSR count). The summed E-state index contributed by atoms with van der Waals surface area (Å²) in [5, 5.41) is 0. The Morgan fingerprint density at radius 3 is 2.50 bits per heavy atom. The minimum atomic E-state index is 0.449. The minimum absolute atomic E-state index is 0.449. The van der Waals surface area contributed by atoms with Crippen molar-refractivity contribution >= 4 is 5.69 Å². The quantitative estimate of drug-likeness (QED) is 0.722. The Kier molecular flexibility index (Phi) is 2.27. The van der Waals surface area contributed by atoms with Gasteiger partial charge in [-0.15, -0.1) is 0 Å². The lowest BCUT2D eigenvalue weighted by molar-refractivity contribution is 0.460. The summed E-state index contributed by atoms with van der Waals surface area (Å²) in [4.78, 5) is 7.84. The smallest absolute Gasteiger partial charge is 0.237 e. The molecule has 1 aromatic heterocycles. The summed E-state index contributed by atoms with van der Waals surface area (Å²) in [6, 6.07) is 6.76. The van der Waals surface area contributed by atoms with Gasteiger partial charge in [0.15, 0.2) is 0 Å². The monoisotopic (exact) mass is 186 g/mol. The van der Waals surface area contributed by atoms with Gasteiger partial charge in [0.2, 0.25) is 5.88 Å². The molecule has 0 aliphatic heterocycles. The van der Waals surface area contributed by atoms with E-state index in [-0.39, 0.29) is 0 Å². The predicted molar refractivity (Wildman–Crippen MR) is 51.3 cm³/mol. The van der Waals surface area contributed by atoms with Crippen molar-refractivity contribution in [3.63, 3.8) is 0 Å². The third-order valence-corrected chi connectivity index (χ3v) is 1.62. The van der Waals surface area contributed by atoms with Crippen LogP contribution in [0.2, 0.25) is 0 Å². The first-order valence-corrected chi connectivity index (χ1v) is 4.10. The summed E-state index contributed by atoms with van der Waals surface area (Å²) in [5.74, 6) is 1.10. The maximum atomic E-state index is 7.29. The zero-order valence-electron chi connectivity index (χ0n) is 7.34. The van der Waals surface area contributed by atoms with Gasteiger partial charge >= 0.3 is 0 Å². The number of nitrogens with zero attached hydrogens (tertiary/aromatic N) is 2. The molecule has 0 atom stereocenters. The molecule has 4 nitrogen and oxygen atoms in total. The molecule has 0 amide bonds. The van der Waals surface area contributed by atoms with Crippen molar-refractivity contribution in [1.29, 1.82) is 0 Å². The van der Waals surface area contributed by atoms with Crippen LogP contribution in [0.4, 0.5) is 5.69 Å². The largest absolute Gasteiger partial charge is 0.438 e. The van der Waals surface area contributed by atoms with E-state index < -0.39 is 0 Å². The zero-order valence-corrected chi connectivity index (χ0v) is 7.34. The van der Waals surface area contributed by atoms with Crippen LogP contribution in [0, 0.1) is 0 Å². The molecule has 1 radical (unpaired) electrons. The summed E-state index contributed by atoms with van der Waals surface area (Å²) >= 11 is 0. The molecule has 1 heterocycles. The van der Waals surface area contributed by atoms with Crippen molar-refractivity contribution in [1.82, 2.24) is 15.7 Å². The van der Waals surface area contributed by atoms with E-state index in [1.807, 2.05) is 0 Å². The highest BCUT2D eigenvalue weighted by Crippen LogP contribution is 2.19. The number of ether oxygens (including phenoxy) is 1. The molecule has 0 bridgehead atoms. The average Bonchev–Trinajstić information content (AvgIpc) is 2.23. The van der Waals surface area contributed by atoms with Crippen LogP contribution in [0.3, 0.4) is 0 Å². The molecule has 0 saturated heterocycles. The summed E-state index contributed by atoms with van der Waals surface area (Å²) in [6.45, 7) is 0. The Hall–Kier alpha value is -2.10. The maximum Gasteiger partial charge on any atom is 0.237 e. The van der Waals surface area contributed by atoms with Gasteiger partial charge in [0.05, 0.1) is 11.9 Å². The summed E-state index contributed by atoms with van der Waals surface area (Å²) < 4.78 is 5.38. The van der Waals surface area contributed by atoms with E-state index >= 15 is 0 Å². The lowest BCUT2D eigenvalue weighted by Gasteiger charge is -2.02. The lowest BCUT2D eigenvalue weighted by Crippen LogP contribution is -1.87. The summed E-state index contributed by atoms with van der Waals surface area (Å²) in [5.41, 5.74) is 7.74. The molecule has 0 spiro atoms. The van der Waals surface area contributed by atoms with Crippen molar-refractivity contribution in [2.24, 2.45) is 0 Å². The Morgan fingerprint density at radius 2 is 1.86 bits per heavy atom. The minimum Gasteiger partial charge on any atom is -0.438 e. The fourth-order valence-corrected chi connectivity index (χ4v) is 0.982. The van der Waals surface area contributed by atoms with Crippen molar-refractivity contribution in [3.8, 4) is 11.6 Å². The van der Waals surface area contributed by atoms with Gasteiger partial charge in [0.25, 0.3) is 0 Å². The van der Waals surface area contributed by atoms with Crippen LogP contribution >= 0.6 is 0 Å². The molecular formula is C10H8N3O. The van der Waals surface area contributed by atoms with Crippen LogP contribution in [0.5, 0.6) is 11.6 Å². The van der Waals surface area contributed by atoms with Gasteiger partial charge in [-0.3, -0.25) is 4.98 Å². The fourth-order valence-electron chi connectivity index (χ4n) is 0.982. The van der Waals surface area contributed by atoms with E-state index in [9.17, 15) is 0 Å². The maximum absolute atomic E-state index is 7.29. The fraction of sp³-hybridized carbons (Fsp3) is 0. The van der Waals surface area contributed by atoms with Crippen molar-refractivity contribution in [2.45, 2.75) is 0 Å². The van der Waals surface area contributed by atoms with E-state index in [2.05, 4.69) is 9.97 Å². The number of aromatic nitrogens is 2. The van der Waals surface area contributed by atoms with Crippen LogP contribution in [0.25, 0.3) is 0 Å². The summed E-state index contributed by atoms with van der Waals surface area (Å²) in [7, 11) is 0. The first-order valence-electron chi connectivity index (χ1n) is 4.10. The third kappa shape index (κ3) is 1.98. The van der Waals surface area contributed by atoms with E-state index in [1.165, 1.54) is 6.20 Å². The predicted octanol–water partition coefficient (Wildman–Crippen LogP) is 2.18. The average molecular weight is 186 g/mol. The Bertz CT molecular complexity index is 399. The zero-order chi connectivity index (χ0) is 9.80. The Labute approximate surface area is 81.4 Å². The molecule has 0 aliphatic rings. The Balaban J connectivity index is 2.16. The van der Waals surface area contributed by atoms with E-state index in [1.54, 1.807) is 36.7 Å². The third-order valence-electron chi connectivity index (χ3n) is 1.62. The van der Waals surface area contributed by atoms with Crippen molar-refractivity contribution in [3.05, 3.63) is 42.9 Å².